The van der Waals surface area contributed by atoms with E-state index in [1.165, 1.54) is 18.2 Å². The molecular weight excluding hydrogens is 262 g/mol. The number of nitrogens with zero attached hydrogens (tertiary/aromatic N) is 1. The van der Waals surface area contributed by atoms with Crippen LogP contribution in [0.15, 0.2) is 23.1 Å². The maximum Gasteiger partial charge on any atom is 0.433 e. The predicted octanol–water partition coefficient (Wildman–Crippen LogP) is 1.80. The Balaban J connectivity index is 3.25. The standard InChI is InChI=1S/C11H7F3NO2.Al.2H/c1-2-8-7(4-6-10(16)17)3-5-9(15-8)11(12,13)14;;;/h1-6H,(H,16,17);;;/b2-1?,6-4+;;;. The van der Waals surface area contributed by atoms with Gasteiger partial charge in [0.05, 0.1) is 5.69 Å². The van der Waals surface area contributed by atoms with Gasteiger partial charge in [0.2, 0.25) is 16.3 Å². The Bertz CT molecular complexity index is 510. The molecule has 0 saturated heterocycles. The third kappa shape index (κ3) is 4.02. The molecule has 1 aromatic heterocycles. The molecule has 0 saturated carbocycles. The number of hydrogen-bond acceptors (Lipinski definition) is 2. The summed E-state index contributed by atoms with van der Waals surface area (Å²) in [5.74, 6) is -1.17. The Morgan fingerprint density at radius 1 is 1.33 bits per heavy atom. The molecule has 94 valence electrons. The van der Waals surface area contributed by atoms with Crippen LogP contribution in [0.1, 0.15) is 17.0 Å². The van der Waals surface area contributed by atoms with E-state index in [0.29, 0.717) is 21.9 Å². The van der Waals surface area contributed by atoms with E-state index in [4.69, 9.17) is 5.11 Å². The fourth-order valence-electron chi connectivity index (χ4n) is 1.24. The van der Waals surface area contributed by atoms with Crippen LogP contribution in [0.3, 0.4) is 0 Å². The first-order chi connectivity index (χ1) is 8.34. The zero-order valence-electron chi connectivity index (χ0n) is 9.40. The lowest BCUT2D eigenvalue weighted by atomic mass is 10.1. The smallest absolute Gasteiger partial charge is 0.433 e. The van der Waals surface area contributed by atoms with Crippen molar-refractivity contribution in [1.82, 2.24) is 4.98 Å². The van der Waals surface area contributed by atoms with Gasteiger partial charge in [0.25, 0.3) is 0 Å². The van der Waals surface area contributed by atoms with E-state index in [1.54, 1.807) is 4.94 Å². The summed E-state index contributed by atoms with van der Waals surface area (Å²) in [6.45, 7) is 0. The Labute approximate surface area is 109 Å². The highest BCUT2D eigenvalue weighted by Gasteiger charge is 2.32. The summed E-state index contributed by atoms with van der Waals surface area (Å²) in [7, 11) is 0. The van der Waals surface area contributed by atoms with Crippen molar-refractivity contribution in [1.29, 1.82) is 0 Å². The van der Waals surface area contributed by atoms with Gasteiger partial charge < -0.3 is 5.11 Å². The van der Waals surface area contributed by atoms with Crippen LogP contribution in [0.5, 0.6) is 0 Å². The maximum atomic E-state index is 12.5. The number of hydrogen-bond donors (Lipinski definition) is 1. The lowest BCUT2D eigenvalue weighted by Crippen LogP contribution is -2.09. The van der Waals surface area contributed by atoms with Crippen LogP contribution in [-0.2, 0) is 11.0 Å². The predicted molar refractivity (Wildman–Crippen MR) is 63.5 cm³/mol. The molecule has 0 aromatic carbocycles. The summed E-state index contributed by atoms with van der Waals surface area (Å²) in [6, 6.07) is 2.03. The zero-order valence-corrected chi connectivity index (χ0v) is 11.4. The van der Waals surface area contributed by atoms with Crippen molar-refractivity contribution in [2.24, 2.45) is 0 Å². The minimum absolute atomic E-state index is 0.109. The van der Waals surface area contributed by atoms with Gasteiger partial charge in [-0.2, -0.15) is 18.1 Å². The van der Waals surface area contributed by atoms with Gasteiger partial charge in [-0.15, -0.1) is 0 Å². The van der Waals surface area contributed by atoms with Crippen molar-refractivity contribution in [2.75, 3.05) is 0 Å². The Hall–Kier alpha value is -1.58. The van der Waals surface area contributed by atoms with Crippen LogP contribution in [0.25, 0.3) is 12.2 Å². The molecule has 0 fully saturated rings. The van der Waals surface area contributed by atoms with Crippen LogP contribution in [0.2, 0.25) is 0 Å². The lowest BCUT2D eigenvalue weighted by molar-refractivity contribution is -0.141. The Morgan fingerprint density at radius 3 is 2.50 bits per heavy atom. The fourth-order valence-corrected chi connectivity index (χ4v) is 1.55. The molecular formula is C11H9AlF3NO2. The van der Waals surface area contributed by atoms with E-state index in [1.807, 2.05) is 0 Å². The molecule has 1 N–H and O–H groups in total. The third-order valence-electron chi connectivity index (χ3n) is 1.98. The van der Waals surface area contributed by atoms with Gasteiger partial charge in [-0.05, 0) is 12.1 Å². The third-order valence-corrected chi connectivity index (χ3v) is 2.31. The number of alkyl halides is 3. The van der Waals surface area contributed by atoms with Gasteiger partial charge >= 0.3 is 12.1 Å². The first-order valence-corrected chi connectivity index (χ1v) is 6.12. The molecule has 0 atom stereocenters. The summed E-state index contributed by atoms with van der Waals surface area (Å²) < 4.78 is 37.4. The van der Waals surface area contributed by atoms with Crippen LogP contribution >= 0.6 is 0 Å². The molecule has 0 bridgehead atoms. The van der Waals surface area contributed by atoms with Gasteiger partial charge in [-0.1, -0.05) is 12.1 Å². The summed E-state index contributed by atoms with van der Waals surface area (Å²) in [6.07, 6.45) is -0.993. The summed E-state index contributed by atoms with van der Waals surface area (Å²) in [5.41, 5.74) is -0.556. The van der Waals surface area contributed by atoms with Gasteiger partial charge in [-0.25, -0.2) is 9.78 Å². The van der Waals surface area contributed by atoms with Crippen molar-refractivity contribution in [3.63, 3.8) is 0 Å². The summed E-state index contributed by atoms with van der Waals surface area (Å²) in [4.78, 5) is 15.5. The van der Waals surface area contributed by atoms with Crippen molar-refractivity contribution in [2.45, 2.75) is 6.18 Å². The van der Waals surface area contributed by atoms with E-state index >= 15 is 0 Å². The average Bonchev–Trinajstić information content (AvgIpc) is 2.26. The molecule has 1 aromatic rings. The lowest BCUT2D eigenvalue weighted by Gasteiger charge is -2.08. The van der Waals surface area contributed by atoms with E-state index in [9.17, 15) is 18.0 Å². The molecule has 1 heterocycles. The SMILES string of the molecule is O=C(O)/C=C/c1ccc(C(F)(F)F)nc1/C=[CH]/[AlH2]. The minimum atomic E-state index is -4.51. The Kier molecular flexibility index (Phi) is 4.71. The van der Waals surface area contributed by atoms with E-state index < -0.39 is 17.8 Å². The first kappa shape index (κ1) is 14.5. The summed E-state index contributed by atoms with van der Waals surface area (Å²) in [5, 5.41) is 8.48. The molecule has 0 aliphatic heterocycles. The zero-order chi connectivity index (χ0) is 13.8. The number of aliphatic carboxylic acids is 1. The van der Waals surface area contributed by atoms with Gasteiger partial charge in [0.1, 0.15) is 5.69 Å². The highest BCUT2D eigenvalue weighted by atomic mass is 27.0. The molecule has 0 amide bonds. The fraction of sp³-hybridized carbons (Fsp3) is 0.0909. The van der Waals surface area contributed by atoms with Gasteiger partial charge in [0, 0.05) is 11.6 Å². The summed E-state index contributed by atoms with van der Waals surface area (Å²) >= 11 is 0.667. The maximum absolute atomic E-state index is 12.5. The normalized spacial score (nSPS) is 12.4. The van der Waals surface area contributed by atoms with E-state index in [2.05, 4.69) is 4.98 Å². The Morgan fingerprint density at radius 2 is 2.00 bits per heavy atom. The second-order valence-electron chi connectivity index (χ2n) is 3.34. The van der Waals surface area contributed by atoms with Crippen LogP contribution < -0.4 is 0 Å². The van der Waals surface area contributed by atoms with Crippen molar-refractivity contribution < 1.29 is 23.1 Å². The van der Waals surface area contributed by atoms with Gasteiger partial charge in [-0.3, -0.25) is 0 Å². The number of carboxylic acid groups (broad SMARTS) is 1. The minimum Gasteiger partial charge on any atom is -0.478 e. The van der Waals surface area contributed by atoms with Crippen molar-refractivity contribution >= 4 is 34.4 Å². The first-order valence-electron chi connectivity index (χ1n) is 4.96. The monoisotopic (exact) mass is 271 g/mol. The molecule has 18 heavy (non-hydrogen) atoms. The van der Waals surface area contributed by atoms with Crippen LogP contribution in [0, 0.1) is 0 Å². The molecule has 0 radical (unpaired) electrons. The number of rotatable bonds is 3. The molecule has 7 heteroatoms. The second-order valence-corrected chi connectivity index (χ2v) is 4.01. The molecule has 0 aliphatic rings. The van der Waals surface area contributed by atoms with Crippen molar-refractivity contribution in [3.05, 3.63) is 40.1 Å². The quantitative estimate of drug-likeness (QED) is 0.673. The van der Waals surface area contributed by atoms with E-state index in [-0.39, 0.29) is 5.69 Å². The second kappa shape index (κ2) is 5.85. The molecule has 0 spiro atoms. The highest BCUT2D eigenvalue weighted by Crippen LogP contribution is 2.28. The van der Waals surface area contributed by atoms with E-state index in [0.717, 1.165) is 12.1 Å². The van der Waals surface area contributed by atoms with Gasteiger partial charge in [0.15, 0.2) is 0 Å². The molecule has 0 aliphatic carbocycles. The number of carbonyl (C=O) groups is 1. The average molecular weight is 271 g/mol. The van der Waals surface area contributed by atoms with Crippen LogP contribution in [-0.4, -0.2) is 32.4 Å². The molecule has 1 rings (SSSR count). The largest absolute Gasteiger partial charge is 0.478 e. The van der Waals surface area contributed by atoms with Crippen LogP contribution in [0.4, 0.5) is 13.2 Å². The number of aromatic nitrogens is 1. The molecule has 0 unspecified atom stereocenters. The number of carboxylic acids is 1. The number of halogens is 3. The van der Waals surface area contributed by atoms with Crippen molar-refractivity contribution in [3.8, 4) is 0 Å². The molecule has 3 nitrogen and oxygen atoms in total. The highest BCUT2D eigenvalue weighted by molar-refractivity contribution is 6.19. The topological polar surface area (TPSA) is 50.2 Å². The number of pyridine rings is 1.